The predicted molar refractivity (Wildman–Crippen MR) is 120 cm³/mol. The molecule has 138 valence electrons. The van der Waals surface area contributed by atoms with Gasteiger partial charge < -0.3 is 0 Å². The van der Waals surface area contributed by atoms with E-state index in [1.807, 2.05) is 97.1 Å². The fourth-order valence-electron chi connectivity index (χ4n) is 3.56. The molecular formula is C26H18N2O. The fraction of sp³-hybridized carbons (Fsp3) is 0. The van der Waals surface area contributed by atoms with E-state index < -0.39 is 0 Å². The molecule has 1 heterocycles. The summed E-state index contributed by atoms with van der Waals surface area (Å²) >= 11 is 0. The van der Waals surface area contributed by atoms with E-state index in [1.54, 1.807) is 4.57 Å². The molecule has 5 aromatic rings. The van der Waals surface area contributed by atoms with Gasteiger partial charge in [0, 0.05) is 0 Å². The first kappa shape index (κ1) is 17.1. The second-order valence-electron chi connectivity index (χ2n) is 6.90. The van der Waals surface area contributed by atoms with Gasteiger partial charge in [-0.05, 0) is 46.7 Å². The number of benzene rings is 4. The van der Waals surface area contributed by atoms with Gasteiger partial charge in [-0.1, -0.05) is 78.9 Å². The Balaban J connectivity index is 1.76. The molecule has 1 aromatic heterocycles. The topological polar surface area (TPSA) is 34.9 Å². The third-order valence-corrected chi connectivity index (χ3v) is 5.02. The lowest BCUT2D eigenvalue weighted by atomic mass is 10.1. The van der Waals surface area contributed by atoms with E-state index in [4.69, 9.17) is 4.98 Å². The van der Waals surface area contributed by atoms with E-state index in [0.717, 1.165) is 22.0 Å². The Morgan fingerprint density at radius 1 is 0.690 bits per heavy atom. The summed E-state index contributed by atoms with van der Waals surface area (Å²) < 4.78 is 1.69. The van der Waals surface area contributed by atoms with Gasteiger partial charge >= 0.3 is 0 Å². The smallest absolute Gasteiger partial charge is 0.266 e. The van der Waals surface area contributed by atoms with Crippen molar-refractivity contribution >= 4 is 33.8 Å². The molecule has 0 spiro atoms. The molecule has 0 N–H and O–H groups in total. The van der Waals surface area contributed by atoms with Crippen molar-refractivity contribution in [3.05, 3.63) is 119 Å². The molecule has 3 heteroatoms. The zero-order valence-corrected chi connectivity index (χ0v) is 15.7. The Bertz CT molecular complexity index is 1420. The number of aromatic nitrogens is 2. The van der Waals surface area contributed by atoms with E-state index in [0.29, 0.717) is 16.7 Å². The zero-order valence-electron chi connectivity index (χ0n) is 15.7. The van der Waals surface area contributed by atoms with Gasteiger partial charge in [0.25, 0.3) is 5.56 Å². The molecule has 0 aliphatic rings. The first-order valence-corrected chi connectivity index (χ1v) is 9.54. The number of para-hydroxylation sites is 1. The Labute approximate surface area is 168 Å². The minimum atomic E-state index is -0.0707. The minimum Gasteiger partial charge on any atom is -0.268 e. The van der Waals surface area contributed by atoms with Crippen molar-refractivity contribution in [3.63, 3.8) is 0 Å². The van der Waals surface area contributed by atoms with Crippen LogP contribution in [0.15, 0.2) is 102 Å². The van der Waals surface area contributed by atoms with Crippen LogP contribution >= 0.6 is 0 Å². The molecule has 0 saturated carbocycles. The van der Waals surface area contributed by atoms with Crippen LogP contribution in [0.25, 0.3) is 39.5 Å². The quantitative estimate of drug-likeness (QED) is 0.405. The molecule has 0 saturated heterocycles. The van der Waals surface area contributed by atoms with Crippen LogP contribution in [-0.4, -0.2) is 9.55 Å². The Kier molecular flexibility index (Phi) is 4.26. The molecule has 4 aromatic carbocycles. The minimum absolute atomic E-state index is 0.0707. The van der Waals surface area contributed by atoms with Gasteiger partial charge in [-0.15, -0.1) is 0 Å². The zero-order chi connectivity index (χ0) is 19.6. The van der Waals surface area contributed by atoms with E-state index >= 15 is 0 Å². The summed E-state index contributed by atoms with van der Waals surface area (Å²) in [6, 6.07) is 31.7. The molecule has 0 aliphatic carbocycles. The molecule has 0 bridgehead atoms. The Hall–Kier alpha value is -3.98. The van der Waals surface area contributed by atoms with Crippen molar-refractivity contribution in [2.24, 2.45) is 0 Å². The van der Waals surface area contributed by atoms with Gasteiger partial charge in [-0.2, -0.15) is 0 Å². The van der Waals surface area contributed by atoms with Gasteiger partial charge in [0.15, 0.2) is 0 Å². The lowest BCUT2D eigenvalue weighted by molar-refractivity contribution is 0.946. The number of nitrogens with zero attached hydrogens (tertiary/aromatic N) is 2. The van der Waals surface area contributed by atoms with E-state index in [9.17, 15) is 4.79 Å². The van der Waals surface area contributed by atoms with Crippen molar-refractivity contribution in [2.75, 3.05) is 0 Å². The Morgan fingerprint density at radius 2 is 1.41 bits per heavy atom. The number of rotatable bonds is 3. The van der Waals surface area contributed by atoms with Crippen molar-refractivity contribution < 1.29 is 0 Å². The normalized spacial score (nSPS) is 11.4. The molecule has 0 radical (unpaired) electrons. The van der Waals surface area contributed by atoms with Crippen LogP contribution in [0.4, 0.5) is 0 Å². The lowest BCUT2D eigenvalue weighted by Crippen LogP contribution is -2.22. The first-order chi connectivity index (χ1) is 14.3. The Morgan fingerprint density at radius 3 is 2.28 bits per heavy atom. The predicted octanol–water partition coefficient (Wildman–Crippen LogP) is 5.71. The third-order valence-electron chi connectivity index (χ3n) is 5.02. The average molecular weight is 374 g/mol. The van der Waals surface area contributed by atoms with Crippen LogP contribution < -0.4 is 5.56 Å². The molecule has 0 fully saturated rings. The summed E-state index contributed by atoms with van der Waals surface area (Å²) in [4.78, 5) is 18.2. The van der Waals surface area contributed by atoms with Crippen molar-refractivity contribution in [3.8, 4) is 5.69 Å². The van der Waals surface area contributed by atoms with Crippen LogP contribution in [0, 0.1) is 0 Å². The van der Waals surface area contributed by atoms with Crippen LogP contribution in [0.1, 0.15) is 11.4 Å². The van der Waals surface area contributed by atoms with Crippen molar-refractivity contribution in [2.45, 2.75) is 0 Å². The fourth-order valence-corrected chi connectivity index (χ4v) is 3.56. The summed E-state index contributed by atoms with van der Waals surface area (Å²) in [5, 5.41) is 2.83. The molecular weight excluding hydrogens is 356 g/mol. The second-order valence-corrected chi connectivity index (χ2v) is 6.90. The maximum atomic E-state index is 13.4. The highest BCUT2D eigenvalue weighted by atomic mass is 16.1. The highest BCUT2D eigenvalue weighted by Crippen LogP contribution is 2.20. The molecule has 0 atom stereocenters. The molecule has 29 heavy (non-hydrogen) atoms. The summed E-state index contributed by atoms with van der Waals surface area (Å²) in [7, 11) is 0. The van der Waals surface area contributed by atoms with Gasteiger partial charge in [0.2, 0.25) is 0 Å². The van der Waals surface area contributed by atoms with Gasteiger partial charge in [-0.25, -0.2) is 4.98 Å². The summed E-state index contributed by atoms with van der Waals surface area (Å²) in [6.45, 7) is 0. The molecule has 0 unspecified atom stereocenters. The monoisotopic (exact) mass is 374 g/mol. The first-order valence-electron chi connectivity index (χ1n) is 9.54. The van der Waals surface area contributed by atoms with Crippen LogP contribution in [0.3, 0.4) is 0 Å². The number of hydrogen-bond acceptors (Lipinski definition) is 2. The maximum absolute atomic E-state index is 13.4. The SMILES string of the molecule is O=c1c2ccccc2nc(/C=C/c2ccccc2)n1-c1ccc2ccccc2c1. The van der Waals surface area contributed by atoms with Crippen molar-refractivity contribution in [1.29, 1.82) is 0 Å². The summed E-state index contributed by atoms with van der Waals surface area (Å²) in [5.41, 5.74) is 2.49. The molecule has 0 amide bonds. The van der Waals surface area contributed by atoms with E-state index in [-0.39, 0.29) is 5.56 Å². The number of hydrogen-bond donors (Lipinski definition) is 0. The van der Waals surface area contributed by atoms with Crippen LogP contribution in [0.2, 0.25) is 0 Å². The standard InChI is InChI=1S/C26H18N2O/c29-26-23-12-6-7-13-24(23)27-25(17-14-19-8-2-1-3-9-19)28(26)22-16-15-20-10-4-5-11-21(20)18-22/h1-18H/b17-14+. The van der Waals surface area contributed by atoms with Gasteiger partial charge in [-0.3, -0.25) is 9.36 Å². The largest absolute Gasteiger partial charge is 0.268 e. The van der Waals surface area contributed by atoms with Crippen LogP contribution in [0.5, 0.6) is 0 Å². The number of fused-ring (bicyclic) bond motifs is 2. The molecule has 5 rings (SSSR count). The molecule has 3 nitrogen and oxygen atoms in total. The van der Waals surface area contributed by atoms with Crippen molar-refractivity contribution in [1.82, 2.24) is 9.55 Å². The second kappa shape index (κ2) is 7.21. The molecule has 0 aliphatic heterocycles. The van der Waals surface area contributed by atoms with Gasteiger partial charge in [0.05, 0.1) is 16.6 Å². The highest BCUT2D eigenvalue weighted by Gasteiger charge is 2.11. The lowest BCUT2D eigenvalue weighted by Gasteiger charge is -2.12. The van der Waals surface area contributed by atoms with E-state index in [1.165, 1.54) is 0 Å². The maximum Gasteiger partial charge on any atom is 0.266 e. The highest BCUT2D eigenvalue weighted by molar-refractivity contribution is 5.85. The summed E-state index contributed by atoms with van der Waals surface area (Å²) in [5.74, 6) is 0.604. The average Bonchev–Trinajstić information content (AvgIpc) is 2.78. The summed E-state index contributed by atoms with van der Waals surface area (Å²) in [6.07, 6.45) is 3.88. The third kappa shape index (κ3) is 3.23. The van der Waals surface area contributed by atoms with Crippen LogP contribution in [-0.2, 0) is 0 Å². The van der Waals surface area contributed by atoms with E-state index in [2.05, 4.69) is 12.1 Å². The van der Waals surface area contributed by atoms with Gasteiger partial charge in [0.1, 0.15) is 5.82 Å².